The monoisotopic (exact) mass is 720 g/mol. The van der Waals surface area contributed by atoms with E-state index in [9.17, 15) is 0 Å². The summed E-state index contributed by atoms with van der Waals surface area (Å²) < 4.78 is 0. The molecule has 10 rings (SSSR count). The molecule has 1 aliphatic heterocycles. The van der Waals surface area contributed by atoms with Crippen molar-refractivity contribution in [3.63, 3.8) is 0 Å². The molecule has 0 saturated carbocycles. The molecule has 0 N–H and O–H groups in total. The van der Waals surface area contributed by atoms with Crippen molar-refractivity contribution in [3.05, 3.63) is 193 Å². The lowest BCUT2D eigenvalue weighted by Crippen LogP contribution is -1.98. The molecule has 0 fully saturated rings. The van der Waals surface area contributed by atoms with E-state index in [1.807, 2.05) is 78.8 Å². The molecular weight excluding hydrogens is 689 g/mol. The summed E-state index contributed by atoms with van der Waals surface area (Å²) in [6.07, 6.45) is 8.19. The third-order valence-corrected chi connectivity index (χ3v) is 11.3. The Morgan fingerprint density at radius 1 is 0.382 bits per heavy atom. The van der Waals surface area contributed by atoms with Crippen LogP contribution < -0.4 is 0 Å². The molecule has 2 aromatic heterocycles. The van der Waals surface area contributed by atoms with Crippen LogP contribution in [-0.4, -0.2) is 19.9 Å². The quantitative estimate of drug-likeness (QED) is 0.181. The molecule has 0 saturated heterocycles. The minimum absolute atomic E-state index is 0.635. The SMILES string of the molecule is C1=C\c2ccc(-c3nc(-c4ccccc4)cc(-c4cnc(-c5ccccc5)nc4)n3)cc2-c2ccc3ccccc3c2Sc2ccccc2-c2ccccc2/1. The zero-order valence-corrected chi connectivity index (χ0v) is 30.5. The van der Waals surface area contributed by atoms with Gasteiger partial charge in [-0.1, -0.05) is 176 Å². The van der Waals surface area contributed by atoms with Crippen LogP contribution in [0.15, 0.2) is 192 Å². The van der Waals surface area contributed by atoms with Crippen molar-refractivity contribution in [2.24, 2.45) is 0 Å². The fourth-order valence-electron chi connectivity index (χ4n) is 7.27. The molecule has 0 radical (unpaired) electrons. The molecule has 1 aliphatic rings. The summed E-state index contributed by atoms with van der Waals surface area (Å²) in [6.45, 7) is 0. The Morgan fingerprint density at radius 3 is 1.82 bits per heavy atom. The molecule has 7 aromatic carbocycles. The average molecular weight is 721 g/mol. The van der Waals surface area contributed by atoms with Crippen molar-refractivity contribution in [2.75, 3.05) is 0 Å². The molecule has 0 aliphatic carbocycles. The predicted molar refractivity (Wildman–Crippen MR) is 227 cm³/mol. The van der Waals surface area contributed by atoms with Crippen LogP contribution >= 0.6 is 11.8 Å². The smallest absolute Gasteiger partial charge is 0.160 e. The number of rotatable bonds is 4. The van der Waals surface area contributed by atoms with Gasteiger partial charge in [-0.05, 0) is 62.4 Å². The molecule has 3 heterocycles. The summed E-state index contributed by atoms with van der Waals surface area (Å²) >= 11 is 1.83. The van der Waals surface area contributed by atoms with Crippen LogP contribution in [0.25, 0.3) is 90.5 Å². The summed E-state index contributed by atoms with van der Waals surface area (Å²) in [5.74, 6) is 1.31. The second-order valence-electron chi connectivity index (χ2n) is 13.5. The first kappa shape index (κ1) is 32.7. The van der Waals surface area contributed by atoms with Gasteiger partial charge >= 0.3 is 0 Å². The maximum absolute atomic E-state index is 5.19. The van der Waals surface area contributed by atoms with E-state index in [0.29, 0.717) is 11.6 Å². The van der Waals surface area contributed by atoms with Gasteiger partial charge in [0.1, 0.15) is 0 Å². The highest BCUT2D eigenvalue weighted by atomic mass is 32.2. The third kappa shape index (κ3) is 6.31. The van der Waals surface area contributed by atoms with Gasteiger partial charge in [-0.3, -0.25) is 0 Å². The predicted octanol–water partition coefficient (Wildman–Crippen LogP) is 13.1. The van der Waals surface area contributed by atoms with E-state index in [2.05, 4.69) is 127 Å². The van der Waals surface area contributed by atoms with Crippen LogP contribution in [0, 0.1) is 0 Å². The Bertz CT molecular complexity index is 2890. The molecule has 9 aromatic rings. The minimum Gasteiger partial charge on any atom is -0.236 e. The van der Waals surface area contributed by atoms with Gasteiger partial charge in [-0.15, -0.1) is 0 Å². The van der Waals surface area contributed by atoms with Gasteiger partial charge in [-0.2, -0.15) is 0 Å². The van der Waals surface area contributed by atoms with Gasteiger partial charge in [-0.25, -0.2) is 19.9 Å². The second kappa shape index (κ2) is 14.1. The van der Waals surface area contributed by atoms with E-state index in [1.165, 1.54) is 37.3 Å². The van der Waals surface area contributed by atoms with E-state index >= 15 is 0 Å². The lowest BCUT2D eigenvalue weighted by Gasteiger charge is -2.17. The zero-order chi connectivity index (χ0) is 36.6. The Labute approximate surface area is 324 Å². The largest absolute Gasteiger partial charge is 0.236 e. The average Bonchev–Trinajstić information content (AvgIpc) is 3.28. The molecular formula is C50H32N4S. The molecule has 258 valence electrons. The van der Waals surface area contributed by atoms with Crippen molar-refractivity contribution in [3.8, 4) is 67.5 Å². The Balaban J connectivity index is 1.18. The highest BCUT2D eigenvalue weighted by molar-refractivity contribution is 7.99. The molecule has 0 amide bonds. The number of nitrogens with zero attached hydrogens (tertiary/aromatic N) is 4. The van der Waals surface area contributed by atoms with Crippen LogP contribution in [-0.2, 0) is 0 Å². The summed E-state index contributed by atoms with van der Waals surface area (Å²) in [6, 6.07) is 59.5. The highest BCUT2D eigenvalue weighted by Gasteiger charge is 2.20. The van der Waals surface area contributed by atoms with Crippen molar-refractivity contribution in [2.45, 2.75) is 9.79 Å². The van der Waals surface area contributed by atoms with Crippen molar-refractivity contribution in [1.82, 2.24) is 19.9 Å². The van der Waals surface area contributed by atoms with E-state index in [1.54, 1.807) is 0 Å². The van der Waals surface area contributed by atoms with Gasteiger partial charge in [0.05, 0.1) is 11.4 Å². The van der Waals surface area contributed by atoms with Crippen molar-refractivity contribution >= 4 is 34.7 Å². The van der Waals surface area contributed by atoms with Crippen LogP contribution in [0.2, 0.25) is 0 Å². The first-order valence-corrected chi connectivity index (χ1v) is 19.1. The van der Waals surface area contributed by atoms with Crippen LogP contribution in [0.3, 0.4) is 0 Å². The van der Waals surface area contributed by atoms with Crippen LogP contribution in [0.4, 0.5) is 0 Å². The minimum atomic E-state index is 0.635. The number of aromatic nitrogens is 4. The molecule has 55 heavy (non-hydrogen) atoms. The molecule has 0 atom stereocenters. The van der Waals surface area contributed by atoms with E-state index in [-0.39, 0.29) is 0 Å². The lowest BCUT2D eigenvalue weighted by atomic mass is 9.93. The molecule has 4 nitrogen and oxygen atoms in total. The van der Waals surface area contributed by atoms with Gasteiger partial charge < -0.3 is 0 Å². The van der Waals surface area contributed by atoms with Gasteiger partial charge in [0.2, 0.25) is 0 Å². The summed E-state index contributed by atoms with van der Waals surface area (Å²) in [5.41, 5.74) is 12.3. The van der Waals surface area contributed by atoms with Gasteiger partial charge in [0.25, 0.3) is 0 Å². The second-order valence-corrected chi connectivity index (χ2v) is 14.5. The first-order chi connectivity index (χ1) is 27.2. The number of benzene rings is 7. The third-order valence-electron chi connectivity index (χ3n) is 10.0. The normalized spacial score (nSPS) is 12.4. The number of hydrogen-bond donors (Lipinski definition) is 0. The van der Waals surface area contributed by atoms with E-state index in [4.69, 9.17) is 19.9 Å². The van der Waals surface area contributed by atoms with Gasteiger partial charge in [0.15, 0.2) is 11.6 Å². The topological polar surface area (TPSA) is 51.6 Å². The van der Waals surface area contributed by atoms with Gasteiger partial charge in [0, 0.05) is 44.4 Å². The Kier molecular flexibility index (Phi) is 8.39. The maximum Gasteiger partial charge on any atom is 0.160 e. The fraction of sp³-hybridized carbons (Fsp3) is 0. The van der Waals surface area contributed by atoms with Crippen LogP contribution in [0.1, 0.15) is 11.1 Å². The van der Waals surface area contributed by atoms with Crippen molar-refractivity contribution in [1.29, 1.82) is 0 Å². The summed E-state index contributed by atoms with van der Waals surface area (Å²) in [5, 5.41) is 2.43. The first-order valence-electron chi connectivity index (χ1n) is 18.3. The maximum atomic E-state index is 5.19. The van der Waals surface area contributed by atoms with Crippen LogP contribution in [0.5, 0.6) is 0 Å². The molecule has 0 unspecified atom stereocenters. The standard InChI is InChI=1S/C50H32N4S/c1-3-15-36(16-4-1)45-30-46(39-31-51-49(52-32-39)37-17-5-2-6-18-37)54-50(53-45)38-26-25-35-24-23-33-13-7-9-19-40(33)42-21-11-12-22-47(42)55-48-41-20-10-8-14-34(41)27-28-43(48)44(35)29-38/h1-32H/b24-23-. The zero-order valence-electron chi connectivity index (χ0n) is 29.7. The van der Waals surface area contributed by atoms with E-state index in [0.717, 1.165) is 50.3 Å². The highest BCUT2D eigenvalue weighted by Crippen LogP contribution is 2.47. The van der Waals surface area contributed by atoms with Crippen molar-refractivity contribution < 1.29 is 0 Å². The summed E-state index contributed by atoms with van der Waals surface area (Å²) in [7, 11) is 0. The Hall–Kier alpha value is -6.95. The lowest BCUT2D eigenvalue weighted by molar-refractivity contribution is 1.14. The molecule has 0 spiro atoms. The number of hydrogen-bond acceptors (Lipinski definition) is 5. The fourth-order valence-corrected chi connectivity index (χ4v) is 8.51. The molecule has 5 heteroatoms. The summed E-state index contributed by atoms with van der Waals surface area (Å²) in [4.78, 5) is 22.3. The van der Waals surface area contributed by atoms with E-state index < -0.39 is 0 Å². The molecule has 0 bridgehead atoms. The Morgan fingerprint density at radius 2 is 1.02 bits per heavy atom. The number of fused-ring (bicyclic) bond motifs is 8.